The molecule has 0 heterocycles. The molecular weight excluding hydrogens is 328 g/mol. The molecule has 6 nitrogen and oxygen atoms in total. The Labute approximate surface area is 125 Å². The molecule has 0 fully saturated rings. The molecule has 1 rings (SSSR count). The van der Waals surface area contributed by atoms with Gasteiger partial charge in [0.1, 0.15) is 6.04 Å². The van der Waals surface area contributed by atoms with Crippen molar-refractivity contribution in [1.82, 2.24) is 0 Å². The largest absolute Gasteiger partial charge is 0.462 e. The van der Waals surface area contributed by atoms with Crippen LogP contribution >= 0.6 is 15.9 Å². The molecule has 0 aliphatic heterocycles. The van der Waals surface area contributed by atoms with Crippen LogP contribution in [0.4, 0.5) is 5.69 Å². The van der Waals surface area contributed by atoms with Crippen LogP contribution in [-0.2, 0) is 14.3 Å². The number of amides is 1. The lowest BCUT2D eigenvalue weighted by atomic mass is 10.2. The first kappa shape index (κ1) is 16.6. The van der Waals surface area contributed by atoms with Gasteiger partial charge in [0, 0.05) is 11.6 Å². The van der Waals surface area contributed by atoms with Crippen LogP contribution in [-0.4, -0.2) is 38.2 Å². The fourth-order valence-electron chi connectivity index (χ4n) is 1.44. The number of nitrogens with one attached hydrogen (secondary N) is 1. The first-order chi connectivity index (χ1) is 9.49. The second-order valence-corrected chi connectivity index (χ2v) is 4.82. The predicted molar refractivity (Wildman–Crippen MR) is 78.6 cm³/mol. The Morgan fingerprint density at radius 3 is 2.70 bits per heavy atom. The lowest BCUT2D eigenvalue weighted by molar-refractivity contribution is -0.118. The minimum absolute atomic E-state index is 0.129. The molecule has 0 saturated heterocycles. The van der Waals surface area contributed by atoms with E-state index in [1.165, 1.54) is 7.11 Å². The van der Waals surface area contributed by atoms with Crippen molar-refractivity contribution in [3.8, 4) is 0 Å². The Balaban J connectivity index is 2.78. The molecule has 110 valence electrons. The summed E-state index contributed by atoms with van der Waals surface area (Å²) in [7, 11) is 1.47. The van der Waals surface area contributed by atoms with E-state index in [0.717, 1.165) is 0 Å². The van der Waals surface area contributed by atoms with Crippen molar-refractivity contribution in [3.05, 3.63) is 28.2 Å². The van der Waals surface area contributed by atoms with Gasteiger partial charge in [0.15, 0.2) is 0 Å². The van der Waals surface area contributed by atoms with Gasteiger partial charge in [-0.15, -0.1) is 0 Å². The van der Waals surface area contributed by atoms with Crippen molar-refractivity contribution in [2.75, 3.05) is 25.6 Å². The molecule has 1 amide bonds. The van der Waals surface area contributed by atoms with Gasteiger partial charge in [-0.3, -0.25) is 4.79 Å². The molecule has 0 aliphatic carbocycles. The van der Waals surface area contributed by atoms with Crippen molar-refractivity contribution >= 4 is 33.5 Å². The number of anilines is 1. The standard InChI is InChI=1S/C13H17BrN2O4/c1-3-20-13(18)8-4-5-11(9(14)6-8)16-12(17)10(15)7-19-2/h4-6,10H,3,7,15H2,1-2H3,(H,16,17). The lowest BCUT2D eigenvalue weighted by Crippen LogP contribution is -2.39. The third-order valence-corrected chi connectivity index (χ3v) is 3.08. The van der Waals surface area contributed by atoms with Gasteiger partial charge >= 0.3 is 5.97 Å². The van der Waals surface area contributed by atoms with E-state index in [0.29, 0.717) is 22.3 Å². The highest BCUT2D eigenvalue weighted by Gasteiger charge is 2.15. The highest BCUT2D eigenvalue weighted by molar-refractivity contribution is 9.10. The number of hydrogen-bond donors (Lipinski definition) is 2. The predicted octanol–water partition coefficient (Wildman–Crippen LogP) is 1.54. The second-order valence-electron chi connectivity index (χ2n) is 3.97. The number of benzene rings is 1. The molecule has 1 aromatic rings. The average molecular weight is 345 g/mol. The van der Waals surface area contributed by atoms with Crippen molar-refractivity contribution in [1.29, 1.82) is 0 Å². The third-order valence-electron chi connectivity index (χ3n) is 2.42. The van der Waals surface area contributed by atoms with Gasteiger partial charge in [0.2, 0.25) is 5.91 Å². The van der Waals surface area contributed by atoms with Gasteiger partial charge in [-0.05, 0) is 41.1 Å². The quantitative estimate of drug-likeness (QED) is 0.764. The van der Waals surface area contributed by atoms with E-state index in [1.54, 1.807) is 25.1 Å². The Kier molecular flexibility index (Phi) is 6.63. The SMILES string of the molecule is CCOC(=O)c1ccc(NC(=O)C(N)COC)c(Br)c1. The van der Waals surface area contributed by atoms with E-state index in [2.05, 4.69) is 21.2 Å². The first-order valence-electron chi connectivity index (χ1n) is 6.01. The average Bonchev–Trinajstić information content (AvgIpc) is 2.41. The number of esters is 1. The summed E-state index contributed by atoms with van der Waals surface area (Å²) in [5.74, 6) is -0.779. The van der Waals surface area contributed by atoms with Crippen LogP contribution in [0, 0.1) is 0 Å². The van der Waals surface area contributed by atoms with Gasteiger partial charge in [0.25, 0.3) is 0 Å². The van der Waals surface area contributed by atoms with Gasteiger partial charge in [-0.2, -0.15) is 0 Å². The normalized spacial score (nSPS) is 11.8. The van der Waals surface area contributed by atoms with Crippen LogP contribution in [0.1, 0.15) is 17.3 Å². The lowest BCUT2D eigenvalue weighted by Gasteiger charge is -2.13. The van der Waals surface area contributed by atoms with E-state index in [4.69, 9.17) is 15.2 Å². The monoisotopic (exact) mass is 344 g/mol. The van der Waals surface area contributed by atoms with E-state index >= 15 is 0 Å². The zero-order chi connectivity index (χ0) is 15.1. The number of methoxy groups -OCH3 is 1. The molecule has 1 aromatic carbocycles. The van der Waals surface area contributed by atoms with Gasteiger partial charge in [0.05, 0.1) is 24.5 Å². The number of carbonyl (C=O) groups is 2. The number of rotatable bonds is 6. The highest BCUT2D eigenvalue weighted by Crippen LogP contribution is 2.24. The van der Waals surface area contributed by atoms with Gasteiger partial charge in [-0.25, -0.2) is 4.79 Å². The topological polar surface area (TPSA) is 90.7 Å². The van der Waals surface area contributed by atoms with E-state index in [-0.39, 0.29) is 12.5 Å². The van der Waals surface area contributed by atoms with Crippen LogP contribution in [0.2, 0.25) is 0 Å². The van der Waals surface area contributed by atoms with Crippen LogP contribution in [0.3, 0.4) is 0 Å². The van der Waals surface area contributed by atoms with Crippen LogP contribution in [0.5, 0.6) is 0 Å². The van der Waals surface area contributed by atoms with E-state index in [1.807, 2.05) is 0 Å². The molecule has 0 aliphatic rings. The molecule has 3 N–H and O–H groups in total. The summed E-state index contributed by atoms with van der Waals surface area (Å²) in [4.78, 5) is 23.3. The maximum Gasteiger partial charge on any atom is 0.338 e. The molecule has 1 unspecified atom stereocenters. The summed E-state index contributed by atoms with van der Waals surface area (Å²) in [6.45, 7) is 2.17. The summed E-state index contributed by atoms with van der Waals surface area (Å²) < 4.78 is 10.3. The molecule has 0 bridgehead atoms. The fourth-order valence-corrected chi connectivity index (χ4v) is 1.92. The Morgan fingerprint density at radius 1 is 1.45 bits per heavy atom. The Hall–Kier alpha value is -1.44. The van der Waals surface area contributed by atoms with Crippen LogP contribution in [0.25, 0.3) is 0 Å². The van der Waals surface area contributed by atoms with Crippen molar-refractivity contribution in [2.24, 2.45) is 5.73 Å². The molecule has 0 aromatic heterocycles. The van der Waals surface area contributed by atoms with E-state index < -0.39 is 12.0 Å². The summed E-state index contributed by atoms with van der Waals surface area (Å²) >= 11 is 3.29. The Bertz CT molecular complexity index is 493. The van der Waals surface area contributed by atoms with Gasteiger partial charge < -0.3 is 20.5 Å². The molecule has 20 heavy (non-hydrogen) atoms. The van der Waals surface area contributed by atoms with Crippen molar-refractivity contribution in [3.63, 3.8) is 0 Å². The second kappa shape index (κ2) is 7.98. The number of carbonyl (C=O) groups excluding carboxylic acids is 2. The number of halogens is 1. The Morgan fingerprint density at radius 2 is 2.15 bits per heavy atom. The first-order valence-corrected chi connectivity index (χ1v) is 6.81. The smallest absolute Gasteiger partial charge is 0.338 e. The minimum Gasteiger partial charge on any atom is -0.462 e. The molecular formula is C13H17BrN2O4. The van der Waals surface area contributed by atoms with Crippen LogP contribution < -0.4 is 11.1 Å². The fraction of sp³-hybridized carbons (Fsp3) is 0.385. The summed E-state index contributed by atoms with van der Waals surface area (Å²) in [6.07, 6.45) is 0. The maximum atomic E-state index is 11.7. The zero-order valence-corrected chi connectivity index (χ0v) is 12.9. The van der Waals surface area contributed by atoms with Crippen LogP contribution in [0.15, 0.2) is 22.7 Å². The molecule has 0 radical (unpaired) electrons. The molecule has 0 saturated carbocycles. The summed E-state index contributed by atoms with van der Waals surface area (Å²) in [6, 6.07) is 4.00. The zero-order valence-electron chi connectivity index (χ0n) is 11.3. The number of ether oxygens (including phenoxy) is 2. The summed E-state index contributed by atoms with van der Waals surface area (Å²) in [5.41, 5.74) is 6.54. The molecule has 1 atom stereocenters. The van der Waals surface area contributed by atoms with E-state index in [9.17, 15) is 9.59 Å². The molecule has 0 spiro atoms. The van der Waals surface area contributed by atoms with Gasteiger partial charge in [-0.1, -0.05) is 0 Å². The minimum atomic E-state index is -0.753. The number of nitrogens with two attached hydrogens (primary N) is 1. The van der Waals surface area contributed by atoms with Crippen molar-refractivity contribution < 1.29 is 19.1 Å². The molecule has 7 heteroatoms. The highest BCUT2D eigenvalue weighted by atomic mass is 79.9. The third kappa shape index (κ3) is 4.59. The summed E-state index contributed by atoms with van der Waals surface area (Å²) in [5, 5.41) is 2.65. The maximum absolute atomic E-state index is 11.7. The van der Waals surface area contributed by atoms with Crippen molar-refractivity contribution in [2.45, 2.75) is 13.0 Å². The number of hydrogen-bond acceptors (Lipinski definition) is 5.